The second-order valence-electron chi connectivity index (χ2n) is 9.80. The highest BCUT2D eigenvalue weighted by Crippen LogP contribution is 2.42. The molecule has 0 radical (unpaired) electrons. The van der Waals surface area contributed by atoms with Gasteiger partial charge in [-0.05, 0) is 39.0 Å². The SMILES string of the molecule is CCN(C(=O)CCCCCON(O)O)[C@H]1CN(CCCOC)S(=O)(=O)c2sc([S+]([O-])NC(=O)CCCCCON(O)O)cc21. The maximum absolute atomic E-state index is 13.6. The monoisotopic (exact) mass is 689 g/mol. The first-order chi connectivity index (χ1) is 20.9. The van der Waals surface area contributed by atoms with E-state index in [4.69, 9.17) is 25.6 Å². The third-order valence-electron chi connectivity index (χ3n) is 6.69. The molecular weight excluding hydrogens is 646 g/mol. The fourth-order valence-electron chi connectivity index (χ4n) is 4.59. The van der Waals surface area contributed by atoms with Crippen LogP contribution in [0.15, 0.2) is 14.5 Å². The van der Waals surface area contributed by atoms with Crippen LogP contribution in [-0.4, -0.2) is 112 Å². The summed E-state index contributed by atoms with van der Waals surface area (Å²) < 4.78 is 49.2. The molecule has 1 unspecified atom stereocenters. The number of ether oxygens (including phenoxy) is 1. The number of methoxy groups -OCH3 is 1. The van der Waals surface area contributed by atoms with Crippen LogP contribution in [-0.2, 0) is 45.4 Å². The van der Waals surface area contributed by atoms with Crippen molar-refractivity contribution in [1.82, 2.24) is 24.7 Å². The van der Waals surface area contributed by atoms with Crippen LogP contribution < -0.4 is 4.72 Å². The topological polar surface area (TPSA) is 225 Å². The molecule has 0 saturated carbocycles. The molecule has 5 N–H and O–H groups in total. The minimum absolute atomic E-state index is 0.0124. The zero-order chi connectivity index (χ0) is 32.7. The lowest BCUT2D eigenvalue weighted by atomic mass is 10.1. The molecule has 0 saturated heterocycles. The number of unbranched alkanes of at least 4 members (excludes halogenated alkanes) is 4. The van der Waals surface area contributed by atoms with E-state index >= 15 is 0 Å². The molecule has 0 aliphatic carbocycles. The molecule has 2 amide bonds. The van der Waals surface area contributed by atoms with Crippen molar-refractivity contribution in [1.29, 1.82) is 0 Å². The van der Waals surface area contributed by atoms with Gasteiger partial charge in [0.2, 0.25) is 10.1 Å². The fourth-order valence-corrected chi connectivity index (χ4v) is 9.19. The van der Waals surface area contributed by atoms with Crippen LogP contribution in [0.3, 0.4) is 0 Å². The van der Waals surface area contributed by atoms with Crippen molar-refractivity contribution in [3.63, 3.8) is 0 Å². The highest BCUT2D eigenvalue weighted by Gasteiger charge is 2.43. The molecule has 1 aliphatic rings. The van der Waals surface area contributed by atoms with Gasteiger partial charge in [-0.2, -0.15) is 9.03 Å². The van der Waals surface area contributed by atoms with Gasteiger partial charge in [0.05, 0.1) is 30.0 Å². The Morgan fingerprint density at radius 2 is 1.64 bits per heavy atom. The molecule has 0 bridgehead atoms. The zero-order valence-corrected chi connectivity index (χ0v) is 27.3. The number of carbonyl (C=O) groups excluding carboxylic acids is 2. The zero-order valence-electron chi connectivity index (χ0n) is 24.8. The van der Waals surface area contributed by atoms with Gasteiger partial charge >= 0.3 is 0 Å². The molecule has 2 rings (SSSR count). The molecule has 1 aromatic heterocycles. The van der Waals surface area contributed by atoms with Crippen molar-refractivity contribution in [3.05, 3.63) is 11.6 Å². The molecule has 1 aromatic rings. The average Bonchev–Trinajstić information content (AvgIpc) is 3.42. The normalized spacial score (nSPS) is 17.2. The Morgan fingerprint density at radius 1 is 1.02 bits per heavy atom. The number of likely N-dealkylation sites (N-methyl/N-ethyl adjacent to an activating group) is 1. The van der Waals surface area contributed by atoms with E-state index in [9.17, 15) is 22.6 Å². The maximum Gasteiger partial charge on any atom is 0.261 e. The van der Waals surface area contributed by atoms with E-state index in [0.29, 0.717) is 63.7 Å². The summed E-state index contributed by atoms with van der Waals surface area (Å²) in [4.78, 5) is 36.3. The minimum Gasteiger partial charge on any atom is -0.587 e. The Kier molecular flexibility index (Phi) is 17.5. The third-order valence-corrected chi connectivity index (χ3v) is 11.6. The molecule has 2 heterocycles. The van der Waals surface area contributed by atoms with Crippen LogP contribution in [0.4, 0.5) is 0 Å². The summed E-state index contributed by atoms with van der Waals surface area (Å²) in [6.45, 7) is 2.71. The number of carbonyl (C=O) groups is 2. The van der Waals surface area contributed by atoms with E-state index in [2.05, 4.69) is 14.4 Å². The summed E-state index contributed by atoms with van der Waals surface area (Å²) in [5.41, 5.74) is 0.354. The Labute approximate surface area is 264 Å². The van der Waals surface area contributed by atoms with Crippen LogP contribution >= 0.6 is 11.3 Å². The average molecular weight is 690 g/mol. The van der Waals surface area contributed by atoms with E-state index < -0.39 is 33.3 Å². The Balaban J connectivity index is 2.16. The number of nitrogens with one attached hydrogen (secondary N) is 1. The first-order valence-electron chi connectivity index (χ1n) is 14.2. The van der Waals surface area contributed by atoms with Crippen molar-refractivity contribution >= 4 is 44.5 Å². The number of rotatable bonds is 22. The van der Waals surface area contributed by atoms with Crippen LogP contribution in [0.25, 0.3) is 0 Å². The predicted octanol–water partition coefficient (Wildman–Crippen LogP) is 1.96. The van der Waals surface area contributed by atoms with E-state index in [1.54, 1.807) is 11.8 Å². The highest BCUT2D eigenvalue weighted by molar-refractivity contribution is 7.94. The van der Waals surface area contributed by atoms with Gasteiger partial charge in [0, 0.05) is 57.8 Å². The van der Waals surface area contributed by atoms with Gasteiger partial charge < -0.3 is 14.2 Å². The largest absolute Gasteiger partial charge is 0.587 e. The van der Waals surface area contributed by atoms with Gasteiger partial charge in [0.15, 0.2) is 0 Å². The summed E-state index contributed by atoms with van der Waals surface area (Å²) in [5, 5.41) is 33.5. The molecule has 44 heavy (non-hydrogen) atoms. The smallest absolute Gasteiger partial charge is 0.261 e. The van der Waals surface area contributed by atoms with Crippen LogP contribution in [0.5, 0.6) is 0 Å². The summed E-state index contributed by atoms with van der Waals surface area (Å²) >= 11 is -1.23. The second kappa shape index (κ2) is 19.9. The van der Waals surface area contributed by atoms with Crippen LogP contribution in [0.2, 0.25) is 0 Å². The number of hydrogen-bond donors (Lipinski definition) is 5. The van der Waals surface area contributed by atoms with Gasteiger partial charge in [-0.1, -0.05) is 24.2 Å². The standard InChI is InChI=1S/C24H43N5O12S3/c1-3-27(22(31)12-7-5-9-16-41-29(34)35)20-18-26(13-10-14-39-2)44(37,38)24-19(20)17-23(42-24)43(36)25-21(30)11-6-4-8-15-40-28(32)33/h17,20,32-35H,3-16,18H2,1-2H3,(H,25,30)/t20-,43?/m0/s1. The molecule has 17 nitrogen and oxygen atoms in total. The minimum atomic E-state index is -3.97. The van der Waals surface area contributed by atoms with E-state index in [0.717, 1.165) is 11.3 Å². The number of nitrogens with zero attached hydrogens (tertiary/aromatic N) is 4. The molecule has 1 aliphatic heterocycles. The van der Waals surface area contributed by atoms with E-state index in [-0.39, 0.29) is 64.3 Å². The van der Waals surface area contributed by atoms with Crippen molar-refractivity contribution in [2.45, 2.75) is 79.2 Å². The molecule has 254 valence electrons. The van der Waals surface area contributed by atoms with Crippen molar-refractivity contribution in [2.24, 2.45) is 0 Å². The third kappa shape index (κ3) is 12.4. The number of thiophene rings is 1. The summed E-state index contributed by atoms with van der Waals surface area (Å²) in [6.07, 6.45) is 3.67. The number of fused-ring (bicyclic) bond motifs is 1. The van der Waals surface area contributed by atoms with Gasteiger partial charge in [0.25, 0.3) is 15.9 Å². The lowest BCUT2D eigenvalue weighted by Crippen LogP contribution is -2.47. The molecule has 2 atom stereocenters. The van der Waals surface area contributed by atoms with Crippen molar-refractivity contribution in [2.75, 3.05) is 46.6 Å². The number of sulfonamides is 1. The lowest BCUT2D eigenvalue weighted by Gasteiger charge is -2.38. The van der Waals surface area contributed by atoms with Gasteiger partial charge in [-0.15, -0.1) is 0 Å². The van der Waals surface area contributed by atoms with Crippen molar-refractivity contribution < 1.29 is 57.8 Å². The van der Waals surface area contributed by atoms with Gasteiger partial charge in [-0.25, -0.2) is 8.42 Å². The van der Waals surface area contributed by atoms with Gasteiger partial charge in [0.1, 0.15) is 15.6 Å². The highest BCUT2D eigenvalue weighted by atomic mass is 32.3. The molecular formula is C24H43N5O12S3. The maximum atomic E-state index is 13.6. The fraction of sp³-hybridized carbons (Fsp3) is 0.750. The van der Waals surface area contributed by atoms with Gasteiger partial charge in [-0.3, -0.25) is 40.1 Å². The van der Waals surface area contributed by atoms with E-state index in [1.165, 1.54) is 17.5 Å². The summed E-state index contributed by atoms with van der Waals surface area (Å²) in [5.74, 6) is -0.687. The van der Waals surface area contributed by atoms with Crippen LogP contribution in [0, 0.1) is 0 Å². The summed E-state index contributed by atoms with van der Waals surface area (Å²) in [7, 11) is -2.45. The number of amides is 2. The van der Waals surface area contributed by atoms with Crippen LogP contribution in [0.1, 0.15) is 76.3 Å². The lowest BCUT2D eigenvalue weighted by molar-refractivity contribution is -0.492. The quantitative estimate of drug-likeness (QED) is 0.0667. The Bertz CT molecular complexity index is 1120. The molecule has 20 heteroatoms. The Morgan fingerprint density at radius 3 is 2.20 bits per heavy atom. The second-order valence-corrected chi connectivity index (χ2v) is 14.4. The summed E-state index contributed by atoms with van der Waals surface area (Å²) in [6, 6.07) is 0.851. The molecule has 0 aromatic carbocycles. The molecule has 0 spiro atoms. The Hall–Kier alpha value is -1.50. The number of hydrogen-bond acceptors (Lipinski definition) is 15. The predicted molar refractivity (Wildman–Crippen MR) is 154 cm³/mol. The first kappa shape index (κ1) is 38.7. The van der Waals surface area contributed by atoms with E-state index in [1.807, 2.05) is 0 Å². The van der Waals surface area contributed by atoms with Crippen molar-refractivity contribution in [3.8, 4) is 0 Å². The first-order valence-corrected chi connectivity index (χ1v) is 17.6. The molecule has 0 fully saturated rings.